The fourth-order valence-corrected chi connectivity index (χ4v) is 4.17. The highest BCUT2D eigenvalue weighted by Gasteiger charge is 2.22. The molecule has 1 saturated heterocycles. The maximum atomic E-state index is 14.4. The summed E-state index contributed by atoms with van der Waals surface area (Å²) in [5.74, 6) is -0.0843. The van der Waals surface area contributed by atoms with E-state index >= 15 is 0 Å². The van der Waals surface area contributed by atoms with Crippen molar-refractivity contribution in [2.24, 2.45) is 4.99 Å². The van der Waals surface area contributed by atoms with Gasteiger partial charge in [0.2, 0.25) is 0 Å². The van der Waals surface area contributed by atoms with Crippen LogP contribution < -0.4 is 15.4 Å². The number of ether oxygens (including phenoxy) is 2. The number of halogens is 1. The van der Waals surface area contributed by atoms with Crippen molar-refractivity contribution in [3.05, 3.63) is 65.6 Å². The number of nitrogens with zero attached hydrogens (tertiary/aromatic N) is 2. The molecule has 9 heteroatoms. The van der Waals surface area contributed by atoms with Crippen molar-refractivity contribution in [2.45, 2.75) is 31.3 Å². The lowest BCUT2D eigenvalue weighted by Gasteiger charge is -2.23. The molecule has 1 aromatic heterocycles. The van der Waals surface area contributed by atoms with Crippen LogP contribution in [-0.4, -0.2) is 56.2 Å². The van der Waals surface area contributed by atoms with E-state index in [0.717, 1.165) is 42.6 Å². The molecule has 36 heavy (non-hydrogen) atoms. The Hall–Kier alpha value is -3.85. The second-order valence-electron chi connectivity index (χ2n) is 8.63. The van der Waals surface area contributed by atoms with Gasteiger partial charge in [-0.2, -0.15) is 0 Å². The zero-order valence-electron chi connectivity index (χ0n) is 20.4. The van der Waals surface area contributed by atoms with Gasteiger partial charge in [-0.15, -0.1) is 0 Å². The molecule has 1 atom stereocenters. The van der Waals surface area contributed by atoms with Crippen LogP contribution in [-0.2, 0) is 4.74 Å². The molecule has 0 radical (unpaired) electrons. The normalized spacial score (nSPS) is 15.1. The molecule has 0 aliphatic carbocycles. The zero-order chi connectivity index (χ0) is 25.5. The van der Waals surface area contributed by atoms with Crippen LogP contribution in [0, 0.1) is 11.2 Å². The van der Waals surface area contributed by atoms with Crippen LogP contribution in [0.1, 0.15) is 41.2 Å². The highest BCUT2D eigenvalue weighted by molar-refractivity contribution is 6.04. The summed E-state index contributed by atoms with van der Waals surface area (Å²) in [6.07, 6.45) is 5.42. The fraction of sp³-hybridized carbons (Fsp3) is 0.333. The van der Waals surface area contributed by atoms with Gasteiger partial charge in [0.15, 0.2) is 11.6 Å². The van der Waals surface area contributed by atoms with Crippen molar-refractivity contribution in [3.63, 3.8) is 0 Å². The van der Waals surface area contributed by atoms with E-state index in [9.17, 15) is 9.18 Å². The first-order valence-electron chi connectivity index (χ1n) is 11.8. The molecule has 0 spiro atoms. The van der Waals surface area contributed by atoms with E-state index < -0.39 is 11.9 Å². The third-order valence-electron chi connectivity index (χ3n) is 6.18. The van der Waals surface area contributed by atoms with Crippen LogP contribution in [0.2, 0.25) is 0 Å². The Kier molecular flexibility index (Phi) is 8.22. The summed E-state index contributed by atoms with van der Waals surface area (Å²) in [5.41, 5.74) is 1.07. The molecule has 1 fully saturated rings. The largest absolute Gasteiger partial charge is 0.494 e. The van der Waals surface area contributed by atoms with Gasteiger partial charge in [-0.1, -0.05) is 12.1 Å². The Morgan fingerprint density at radius 2 is 2.06 bits per heavy atom. The van der Waals surface area contributed by atoms with E-state index in [2.05, 4.69) is 20.6 Å². The summed E-state index contributed by atoms with van der Waals surface area (Å²) in [5, 5.41) is 16.6. The lowest BCUT2D eigenvalue weighted by Crippen LogP contribution is -2.33. The lowest BCUT2D eigenvalue weighted by atomic mass is 9.99. The van der Waals surface area contributed by atoms with E-state index in [4.69, 9.17) is 14.9 Å². The molecule has 2 heterocycles. The van der Waals surface area contributed by atoms with Gasteiger partial charge in [0.05, 0.1) is 13.2 Å². The number of amides is 1. The monoisotopic (exact) mass is 491 g/mol. The predicted octanol–water partition coefficient (Wildman–Crippen LogP) is 4.55. The number of rotatable bonds is 9. The van der Waals surface area contributed by atoms with Crippen LogP contribution in [0.4, 0.5) is 10.2 Å². The molecular weight excluding hydrogens is 461 g/mol. The number of carbonyl (C=O) groups is 1. The molecular formula is C27H30FN5O3. The number of hydrogen-bond donors (Lipinski definition) is 3. The van der Waals surface area contributed by atoms with Gasteiger partial charge < -0.3 is 30.5 Å². The van der Waals surface area contributed by atoms with Gasteiger partial charge in [-0.25, -0.2) is 9.37 Å². The molecule has 188 valence electrons. The van der Waals surface area contributed by atoms with E-state index in [1.165, 1.54) is 19.2 Å². The molecule has 1 amide bonds. The molecule has 4 rings (SSSR count). The SMILES string of the molecule is CN=CCC(=N)[C@H](NC(=O)c1ccc2cnc(NC3CCOCC3)cc2c1)c1ccc(OC)c(F)c1. The third-order valence-corrected chi connectivity index (χ3v) is 6.18. The standard InChI is InChI=1S/C27H30FN5O3/c1-30-10-7-23(29)26(17-5-6-24(35-2)22(28)14-17)33-27(34)18-3-4-19-16-31-25(15-20(19)13-18)32-21-8-11-36-12-9-21/h3-6,10,13-16,21,26,29H,7-9,11-12H2,1-2H3,(H,31,32)(H,33,34)/t26-/m1/s1. The first kappa shape index (κ1) is 25.2. The number of nitrogens with one attached hydrogen (secondary N) is 3. The third kappa shape index (κ3) is 6.04. The van der Waals surface area contributed by atoms with Crippen molar-refractivity contribution in [1.82, 2.24) is 10.3 Å². The molecule has 0 bridgehead atoms. The van der Waals surface area contributed by atoms with Crippen LogP contribution in [0.3, 0.4) is 0 Å². The van der Waals surface area contributed by atoms with E-state index in [0.29, 0.717) is 17.2 Å². The average molecular weight is 492 g/mol. The number of aromatic nitrogens is 1. The number of aliphatic imine (C=N–C) groups is 1. The maximum absolute atomic E-state index is 14.4. The number of benzene rings is 2. The summed E-state index contributed by atoms with van der Waals surface area (Å²) in [4.78, 5) is 21.7. The second kappa shape index (κ2) is 11.7. The summed E-state index contributed by atoms with van der Waals surface area (Å²) in [6, 6.07) is 11.2. The summed E-state index contributed by atoms with van der Waals surface area (Å²) >= 11 is 0. The van der Waals surface area contributed by atoms with Gasteiger partial charge in [0, 0.05) is 61.8 Å². The van der Waals surface area contributed by atoms with Gasteiger partial charge in [0.1, 0.15) is 5.82 Å². The Labute approximate surface area is 209 Å². The quantitative estimate of drug-likeness (QED) is 0.381. The average Bonchev–Trinajstić information content (AvgIpc) is 2.90. The number of pyridine rings is 1. The zero-order valence-corrected chi connectivity index (χ0v) is 20.4. The Morgan fingerprint density at radius 1 is 1.25 bits per heavy atom. The number of carbonyl (C=O) groups excluding carboxylic acids is 1. The minimum Gasteiger partial charge on any atom is -0.494 e. The van der Waals surface area contributed by atoms with Crippen LogP contribution >= 0.6 is 0 Å². The van der Waals surface area contributed by atoms with Crippen molar-refractivity contribution in [1.29, 1.82) is 5.41 Å². The topological polar surface area (TPSA) is 109 Å². The number of fused-ring (bicyclic) bond motifs is 1. The van der Waals surface area contributed by atoms with Crippen LogP contribution in [0.5, 0.6) is 5.75 Å². The first-order chi connectivity index (χ1) is 17.5. The second-order valence-corrected chi connectivity index (χ2v) is 8.63. The molecule has 8 nitrogen and oxygen atoms in total. The Morgan fingerprint density at radius 3 is 2.78 bits per heavy atom. The molecule has 2 aromatic carbocycles. The van der Waals surface area contributed by atoms with Crippen molar-refractivity contribution in [3.8, 4) is 5.75 Å². The number of methoxy groups -OCH3 is 1. The highest BCUT2D eigenvalue weighted by Crippen LogP contribution is 2.25. The maximum Gasteiger partial charge on any atom is 0.252 e. The number of anilines is 1. The minimum absolute atomic E-state index is 0.0961. The molecule has 1 aliphatic rings. The minimum atomic E-state index is -0.824. The van der Waals surface area contributed by atoms with Crippen molar-refractivity contribution < 1.29 is 18.7 Å². The van der Waals surface area contributed by atoms with E-state index in [-0.39, 0.29) is 23.8 Å². The Balaban J connectivity index is 1.57. The van der Waals surface area contributed by atoms with Crippen LogP contribution in [0.15, 0.2) is 53.7 Å². The van der Waals surface area contributed by atoms with E-state index in [1.807, 2.05) is 12.1 Å². The molecule has 3 N–H and O–H groups in total. The van der Waals surface area contributed by atoms with Gasteiger partial charge in [-0.05, 0) is 54.1 Å². The molecule has 1 aliphatic heterocycles. The lowest BCUT2D eigenvalue weighted by molar-refractivity contribution is 0.0903. The Bertz CT molecular complexity index is 1270. The van der Waals surface area contributed by atoms with Gasteiger partial charge in [0.25, 0.3) is 5.91 Å². The first-order valence-corrected chi connectivity index (χ1v) is 11.8. The summed E-state index contributed by atoms with van der Waals surface area (Å²) < 4.78 is 24.8. The summed E-state index contributed by atoms with van der Waals surface area (Å²) in [7, 11) is 3.00. The van der Waals surface area contributed by atoms with Crippen LogP contribution in [0.25, 0.3) is 10.8 Å². The van der Waals surface area contributed by atoms with E-state index in [1.54, 1.807) is 37.7 Å². The van der Waals surface area contributed by atoms with Gasteiger partial charge in [-0.3, -0.25) is 4.79 Å². The molecule has 0 saturated carbocycles. The molecule has 3 aromatic rings. The molecule has 0 unspecified atom stereocenters. The highest BCUT2D eigenvalue weighted by atomic mass is 19.1. The predicted molar refractivity (Wildman–Crippen MR) is 139 cm³/mol. The van der Waals surface area contributed by atoms with Crippen molar-refractivity contribution >= 4 is 34.4 Å². The van der Waals surface area contributed by atoms with Gasteiger partial charge >= 0.3 is 0 Å². The fourth-order valence-electron chi connectivity index (χ4n) is 4.17. The number of hydrogen-bond acceptors (Lipinski definition) is 7. The van der Waals surface area contributed by atoms with Crippen molar-refractivity contribution in [2.75, 3.05) is 32.7 Å². The summed E-state index contributed by atoms with van der Waals surface area (Å²) in [6.45, 7) is 1.46. The smallest absolute Gasteiger partial charge is 0.252 e.